The highest BCUT2D eigenvalue weighted by Gasteiger charge is 2.19. The first-order valence-electron chi connectivity index (χ1n) is 3.79. The third-order valence-electron chi connectivity index (χ3n) is 1.67. The maximum atomic E-state index is 12.8. The smallest absolute Gasteiger partial charge is 0.268 e. The molecule has 1 aromatic carbocycles. The summed E-state index contributed by atoms with van der Waals surface area (Å²) in [4.78, 5) is 0. The molecule has 2 rings (SSSR count). The number of hydrogen-bond donors (Lipinski definition) is 1. The first-order chi connectivity index (χ1) is 6.25. The molecule has 1 unspecified atom stereocenters. The fraction of sp³-hybridized carbons (Fsp3) is 0.111. The molecule has 68 valence electrons. The Morgan fingerprint density at radius 2 is 2.23 bits per heavy atom. The number of halogens is 1. The Kier molecular flexibility index (Phi) is 1.81. The fourth-order valence-electron chi connectivity index (χ4n) is 1.11. The zero-order valence-corrected chi connectivity index (χ0v) is 6.74. The molecule has 2 N–H and O–H groups in total. The van der Waals surface area contributed by atoms with E-state index in [0.29, 0.717) is 5.56 Å². The summed E-state index contributed by atoms with van der Waals surface area (Å²) in [6.45, 7) is 0. The van der Waals surface area contributed by atoms with Crippen molar-refractivity contribution in [2.75, 3.05) is 0 Å². The van der Waals surface area contributed by atoms with Gasteiger partial charge in [-0.2, -0.15) is 0 Å². The van der Waals surface area contributed by atoms with Gasteiger partial charge in [-0.3, -0.25) is 0 Å². The summed E-state index contributed by atoms with van der Waals surface area (Å²) in [5.74, 6) is -0.121. The SMILES string of the molecule is NC1=COC(c2cccc(F)c2)O1. The van der Waals surface area contributed by atoms with Crippen LogP contribution in [0.2, 0.25) is 0 Å². The topological polar surface area (TPSA) is 44.5 Å². The fourth-order valence-corrected chi connectivity index (χ4v) is 1.11. The molecule has 0 amide bonds. The lowest BCUT2D eigenvalue weighted by Gasteiger charge is -2.10. The van der Waals surface area contributed by atoms with Gasteiger partial charge in [-0.05, 0) is 12.1 Å². The van der Waals surface area contributed by atoms with Crippen molar-refractivity contribution < 1.29 is 13.9 Å². The van der Waals surface area contributed by atoms with Gasteiger partial charge in [0.15, 0.2) is 0 Å². The van der Waals surface area contributed by atoms with Gasteiger partial charge in [0.05, 0.1) is 0 Å². The molecule has 1 aromatic rings. The van der Waals surface area contributed by atoms with Crippen molar-refractivity contribution in [2.45, 2.75) is 6.29 Å². The Hall–Kier alpha value is -1.71. The van der Waals surface area contributed by atoms with Crippen LogP contribution in [0.15, 0.2) is 36.4 Å². The maximum absolute atomic E-state index is 12.8. The Labute approximate surface area is 74.6 Å². The molecule has 3 nitrogen and oxygen atoms in total. The molecular formula is C9H8FNO2. The predicted octanol–water partition coefficient (Wildman–Crippen LogP) is 1.63. The van der Waals surface area contributed by atoms with Crippen LogP contribution in [-0.2, 0) is 9.47 Å². The standard InChI is InChI=1S/C9H8FNO2/c10-7-3-1-2-6(4-7)9-12-5-8(11)13-9/h1-5,9H,11H2. The molecule has 13 heavy (non-hydrogen) atoms. The maximum Gasteiger partial charge on any atom is 0.268 e. The summed E-state index contributed by atoms with van der Waals surface area (Å²) in [5, 5.41) is 0. The summed E-state index contributed by atoms with van der Waals surface area (Å²) in [5.41, 5.74) is 5.93. The molecule has 1 heterocycles. The van der Waals surface area contributed by atoms with Crippen LogP contribution in [0, 0.1) is 5.82 Å². The molecule has 0 bridgehead atoms. The minimum Gasteiger partial charge on any atom is -0.453 e. The molecule has 0 saturated carbocycles. The van der Waals surface area contributed by atoms with Crippen LogP contribution in [0.5, 0.6) is 0 Å². The molecule has 1 atom stereocenters. The molecular weight excluding hydrogens is 173 g/mol. The van der Waals surface area contributed by atoms with E-state index in [1.54, 1.807) is 12.1 Å². The minimum absolute atomic E-state index is 0.203. The molecule has 0 aliphatic carbocycles. The van der Waals surface area contributed by atoms with E-state index in [2.05, 4.69) is 0 Å². The number of benzene rings is 1. The van der Waals surface area contributed by atoms with Crippen LogP contribution in [-0.4, -0.2) is 0 Å². The molecule has 0 fully saturated rings. The summed E-state index contributed by atoms with van der Waals surface area (Å²) in [6, 6.07) is 6.00. The molecule has 0 aromatic heterocycles. The number of ether oxygens (including phenoxy) is 2. The zero-order chi connectivity index (χ0) is 9.26. The van der Waals surface area contributed by atoms with Crippen molar-refractivity contribution in [1.82, 2.24) is 0 Å². The van der Waals surface area contributed by atoms with Gasteiger partial charge in [-0.25, -0.2) is 4.39 Å². The lowest BCUT2D eigenvalue weighted by molar-refractivity contribution is -0.0344. The van der Waals surface area contributed by atoms with E-state index in [1.807, 2.05) is 0 Å². The van der Waals surface area contributed by atoms with E-state index < -0.39 is 6.29 Å². The largest absolute Gasteiger partial charge is 0.453 e. The van der Waals surface area contributed by atoms with Crippen LogP contribution in [0.3, 0.4) is 0 Å². The van der Waals surface area contributed by atoms with Crippen molar-refractivity contribution in [3.8, 4) is 0 Å². The average Bonchev–Trinajstić information content (AvgIpc) is 2.52. The third kappa shape index (κ3) is 1.56. The third-order valence-corrected chi connectivity index (χ3v) is 1.67. The lowest BCUT2D eigenvalue weighted by Crippen LogP contribution is -2.03. The van der Waals surface area contributed by atoms with Gasteiger partial charge in [0.1, 0.15) is 12.1 Å². The van der Waals surface area contributed by atoms with Crippen molar-refractivity contribution in [3.63, 3.8) is 0 Å². The van der Waals surface area contributed by atoms with Crippen LogP contribution in [0.1, 0.15) is 11.9 Å². The van der Waals surface area contributed by atoms with E-state index in [0.717, 1.165) is 0 Å². The van der Waals surface area contributed by atoms with E-state index in [-0.39, 0.29) is 11.7 Å². The summed E-state index contributed by atoms with van der Waals surface area (Å²) in [6.07, 6.45) is 0.686. The predicted molar refractivity (Wildman–Crippen MR) is 43.6 cm³/mol. The highest BCUT2D eigenvalue weighted by molar-refractivity contribution is 5.18. The Balaban J connectivity index is 2.18. The van der Waals surface area contributed by atoms with E-state index in [1.165, 1.54) is 18.4 Å². The van der Waals surface area contributed by atoms with E-state index in [4.69, 9.17) is 15.2 Å². The van der Waals surface area contributed by atoms with Crippen LogP contribution in [0.25, 0.3) is 0 Å². The van der Waals surface area contributed by atoms with Crippen LogP contribution >= 0.6 is 0 Å². The first kappa shape index (κ1) is 7.91. The second-order valence-electron chi connectivity index (χ2n) is 2.66. The number of rotatable bonds is 1. The van der Waals surface area contributed by atoms with E-state index >= 15 is 0 Å². The van der Waals surface area contributed by atoms with Crippen LogP contribution in [0.4, 0.5) is 4.39 Å². The molecule has 1 aliphatic heterocycles. The van der Waals surface area contributed by atoms with Gasteiger partial charge < -0.3 is 15.2 Å². The van der Waals surface area contributed by atoms with Gasteiger partial charge in [0, 0.05) is 5.56 Å². The van der Waals surface area contributed by atoms with Gasteiger partial charge in [0.25, 0.3) is 6.29 Å². The van der Waals surface area contributed by atoms with Crippen molar-refractivity contribution >= 4 is 0 Å². The Morgan fingerprint density at radius 3 is 2.85 bits per heavy atom. The van der Waals surface area contributed by atoms with Crippen LogP contribution < -0.4 is 5.73 Å². The first-order valence-corrected chi connectivity index (χ1v) is 3.79. The van der Waals surface area contributed by atoms with Gasteiger partial charge in [0.2, 0.25) is 5.88 Å². The molecule has 0 radical (unpaired) electrons. The Bertz CT molecular complexity index is 351. The van der Waals surface area contributed by atoms with Gasteiger partial charge >= 0.3 is 0 Å². The summed E-state index contributed by atoms with van der Waals surface area (Å²) < 4.78 is 22.8. The lowest BCUT2D eigenvalue weighted by atomic mass is 10.2. The highest BCUT2D eigenvalue weighted by atomic mass is 19.1. The molecule has 0 spiro atoms. The monoisotopic (exact) mass is 181 g/mol. The van der Waals surface area contributed by atoms with Crippen molar-refractivity contribution in [3.05, 3.63) is 47.8 Å². The summed E-state index contributed by atoms with van der Waals surface area (Å²) >= 11 is 0. The number of nitrogens with two attached hydrogens (primary N) is 1. The molecule has 1 aliphatic rings. The molecule has 4 heteroatoms. The van der Waals surface area contributed by atoms with Gasteiger partial charge in [-0.1, -0.05) is 12.1 Å². The number of hydrogen-bond acceptors (Lipinski definition) is 3. The zero-order valence-electron chi connectivity index (χ0n) is 6.74. The molecule has 0 saturated heterocycles. The van der Waals surface area contributed by atoms with E-state index in [9.17, 15) is 4.39 Å². The normalized spacial score (nSPS) is 20.4. The Morgan fingerprint density at radius 1 is 1.38 bits per heavy atom. The quantitative estimate of drug-likeness (QED) is 0.716. The second kappa shape index (κ2) is 2.97. The van der Waals surface area contributed by atoms with Gasteiger partial charge in [-0.15, -0.1) is 0 Å². The van der Waals surface area contributed by atoms with Crippen molar-refractivity contribution in [2.24, 2.45) is 5.73 Å². The second-order valence-corrected chi connectivity index (χ2v) is 2.66. The average molecular weight is 181 g/mol. The minimum atomic E-state index is -0.615. The summed E-state index contributed by atoms with van der Waals surface area (Å²) in [7, 11) is 0. The highest BCUT2D eigenvalue weighted by Crippen LogP contribution is 2.26. The van der Waals surface area contributed by atoms with Crippen molar-refractivity contribution in [1.29, 1.82) is 0 Å².